The third-order valence-electron chi connectivity index (χ3n) is 1.94. The standard InChI is InChI=1S/C8H5BFIO2S/c10-7-4-1-2-14-6(4)3-5(8(7)11)9(12)13/h1-3,12-13H. The molecule has 72 valence electrons. The van der Waals surface area contributed by atoms with Crippen LogP contribution in [0.25, 0.3) is 10.1 Å². The zero-order valence-electron chi connectivity index (χ0n) is 6.87. The normalized spacial score (nSPS) is 10.9. The van der Waals surface area contributed by atoms with E-state index in [1.165, 1.54) is 11.3 Å². The molecule has 1 heterocycles. The number of hydrogen-bond acceptors (Lipinski definition) is 3. The van der Waals surface area contributed by atoms with Gasteiger partial charge in [0.25, 0.3) is 0 Å². The number of benzene rings is 1. The second-order valence-electron chi connectivity index (χ2n) is 2.80. The average molecular weight is 322 g/mol. The number of hydrogen-bond donors (Lipinski definition) is 2. The van der Waals surface area contributed by atoms with E-state index in [1.54, 1.807) is 40.1 Å². The fraction of sp³-hybridized carbons (Fsp3) is 0. The predicted molar refractivity (Wildman–Crippen MR) is 64.3 cm³/mol. The summed E-state index contributed by atoms with van der Waals surface area (Å²) >= 11 is 3.15. The van der Waals surface area contributed by atoms with Crippen LogP contribution in [0.3, 0.4) is 0 Å². The largest absolute Gasteiger partial charge is 0.489 e. The predicted octanol–water partition coefficient (Wildman–Crippen LogP) is 1.32. The van der Waals surface area contributed by atoms with Gasteiger partial charge in [0.1, 0.15) is 5.82 Å². The summed E-state index contributed by atoms with van der Waals surface area (Å²) < 4.78 is 14.6. The van der Waals surface area contributed by atoms with Crippen LogP contribution in [0.1, 0.15) is 0 Å². The van der Waals surface area contributed by atoms with Crippen molar-refractivity contribution in [3.05, 3.63) is 26.9 Å². The zero-order chi connectivity index (χ0) is 10.3. The van der Waals surface area contributed by atoms with Crippen molar-refractivity contribution in [3.8, 4) is 0 Å². The Morgan fingerprint density at radius 3 is 2.79 bits per heavy atom. The summed E-state index contributed by atoms with van der Waals surface area (Å²) in [6.45, 7) is 0. The van der Waals surface area contributed by atoms with Crippen molar-refractivity contribution in [1.82, 2.24) is 0 Å². The van der Waals surface area contributed by atoms with E-state index in [0.29, 0.717) is 5.39 Å². The Labute approximate surface area is 97.7 Å². The molecule has 6 heteroatoms. The maximum atomic E-state index is 13.6. The van der Waals surface area contributed by atoms with Gasteiger partial charge in [-0.15, -0.1) is 11.3 Å². The molecule has 0 fully saturated rings. The maximum Gasteiger partial charge on any atom is 0.489 e. The van der Waals surface area contributed by atoms with Crippen molar-refractivity contribution in [2.45, 2.75) is 0 Å². The Bertz CT molecular complexity index is 485. The Morgan fingerprint density at radius 2 is 2.14 bits per heavy atom. The van der Waals surface area contributed by atoms with Crippen molar-refractivity contribution < 1.29 is 14.4 Å². The molecule has 0 radical (unpaired) electrons. The average Bonchev–Trinajstić information content (AvgIpc) is 2.58. The van der Waals surface area contributed by atoms with Gasteiger partial charge < -0.3 is 10.0 Å². The van der Waals surface area contributed by atoms with Crippen LogP contribution >= 0.6 is 33.9 Å². The van der Waals surface area contributed by atoms with Crippen LogP contribution in [0, 0.1) is 9.39 Å². The monoisotopic (exact) mass is 322 g/mol. The molecule has 0 saturated carbocycles. The number of rotatable bonds is 1. The molecular formula is C8H5BFIO2S. The molecule has 0 saturated heterocycles. The van der Waals surface area contributed by atoms with E-state index >= 15 is 0 Å². The third-order valence-corrected chi connectivity index (χ3v) is 3.90. The first kappa shape index (κ1) is 10.3. The second-order valence-corrected chi connectivity index (χ2v) is 4.83. The molecule has 2 aromatic rings. The molecular weight excluding hydrogens is 317 g/mol. The first-order valence-corrected chi connectivity index (χ1v) is 5.78. The lowest BCUT2D eigenvalue weighted by molar-refractivity contribution is 0.425. The van der Waals surface area contributed by atoms with Crippen molar-refractivity contribution in [3.63, 3.8) is 0 Å². The van der Waals surface area contributed by atoms with E-state index in [9.17, 15) is 4.39 Å². The van der Waals surface area contributed by atoms with E-state index in [2.05, 4.69) is 0 Å². The Hall–Kier alpha value is -0.175. The molecule has 0 aliphatic carbocycles. The summed E-state index contributed by atoms with van der Waals surface area (Å²) in [4.78, 5) is 0. The molecule has 0 aliphatic rings. The van der Waals surface area contributed by atoms with Gasteiger partial charge >= 0.3 is 7.12 Å². The van der Waals surface area contributed by atoms with Gasteiger partial charge in [0.2, 0.25) is 0 Å². The summed E-state index contributed by atoms with van der Waals surface area (Å²) in [5.41, 5.74) is 0.220. The number of halogens is 2. The lowest BCUT2D eigenvalue weighted by Gasteiger charge is -2.04. The van der Waals surface area contributed by atoms with Crippen LogP contribution in [0.2, 0.25) is 0 Å². The van der Waals surface area contributed by atoms with E-state index < -0.39 is 7.12 Å². The van der Waals surface area contributed by atoms with Crippen molar-refractivity contribution in [2.24, 2.45) is 0 Å². The summed E-state index contributed by atoms with van der Waals surface area (Å²) in [5.74, 6) is -0.382. The fourth-order valence-corrected chi connectivity index (χ4v) is 2.81. The third kappa shape index (κ3) is 1.56. The van der Waals surface area contributed by atoms with Gasteiger partial charge in [0.05, 0.1) is 0 Å². The van der Waals surface area contributed by atoms with E-state index in [-0.39, 0.29) is 14.9 Å². The fourth-order valence-electron chi connectivity index (χ4n) is 1.25. The van der Waals surface area contributed by atoms with Gasteiger partial charge in [-0.2, -0.15) is 0 Å². The molecule has 2 N–H and O–H groups in total. The molecule has 2 nitrogen and oxygen atoms in total. The molecule has 0 amide bonds. The topological polar surface area (TPSA) is 40.5 Å². The van der Waals surface area contributed by atoms with Gasteiger partial charge in [0, 0.05) is 13.7 Å². The van der Waals surface area contributed by atoms with Crippen LogP contribution < -0.4 is 5.46 Å². The molecule has 14 heavy (non-hydrogen) atoms. The molecule has 0 spiro atoms. The quantitative estimate of drug-likeness (QED) is 0.614. The molecule has 0 bridgehead atoms. The summed E-state index contributed by atoms with van der Waals surface area (Å²) in [5, 5.41) is 20.3. The molecule has 1 aromatic carbocycles. The number of thiophene rings is 1. The van der Waals surface area contributed by atoms with Crippen molar-refractivity contribution in [2.75, 3.05) is 0 Å². The van der Waals surface area contributed by atoms with Gasteiger partial charge in [-0.25, -0.2) is 4.39 Å². The highest BCUT2D eigenvalue weighted by Crippen LogP contribution is 2.25. The summed E-state index contributed by atoms with van der Waals surface area (Å²) in [7, 11) is -1.62. The van der Waals surface area contributed by atoms with Crippen LogP contribution in [0.4, 0.5) is 4.39 Å². The SMILES string of the molecule is OB(O)c1cc2sccc2c(F)c1I. The van der Waals surface area contributed by atoms with Gasteiger partial charge in [-0.1, -0.05) is 0 Å². The lowest BCUT2D eigenvalue weighted by Crippen LogP contribution is -2.33. The van der Waals surface area contributed by atoms with Crippen LogP contribution in [-0.2, 0) is 0 Å². The minimum Gasteiger partial charge on any atom is -0.423 e. The van der Waals surface area contributed by atoms with Gasteiger partial charge in [-0.3, -0.25) is 0 Å². The first-order valence-electron chi connectivity index (χ1n) is 3.82. The second kappa shape index (κ2) is 3.76. The van der Waals surface area contributed by atoms with E-state index in [4.69, 9.17) is 10.0 Å². The Kier molecular flexibility index (Phi) is 2.78. The van der Waals surface area contributed by atoms with Gasteiger partial charge in [-0.05, 0) is 45.6 Å². The highest BCUT2D eigenvalue weighted by molar-refractivity contribution is 14.1. The van der Waals surface area contributed by atoms with E-state index in [0.717, 1.165) is 4.70 Å². The molecule has 1 aromatic heterocycles. The Balaban J connectivity index is 2.80. The highest BCUT2D eigenvalue weighted by atomic mass is 127. The lowest BCUT2D eigenvalue weighted by atomic mass is 9.80. The van der Waals surface area contributed by atoms with Crippen LogP contribution in [-0.4, -0.2) is 17.2 Å². The van der Waals surface area contributed by atoms with Crippen LogP contribution in [0.15, 0.2) is 17.5 Å². The molecule has 2 rings (SSSR count). The minimum absolute atomic E-state index is 0.220. The van der Waals surface area contributed by atoms with Crippen molar-refractivity contribution in [1.29, 1.82) is 0 Å². The Morgan fingerprint density at radius 1 is 1.43 bits per heavy atom. The van der Waals surface area contributed by atoms with Crippen molar-refractivity contribution >= 4 is 56.6 Å². The van der Waals surface area contributed by atoms with E-state index in [1.807, 2.05) is 0 Å². The molecule has 0 unspecified atom stereocenters. The maximum absolute atomic E-state index is 13.6. The highest BCUT2D eigenvalue weighted by Gasteiger charge is 2.20. The first-order chi connectivity index (χ1) is 6.61. The number of fused-ring (bicyclic) bond motifs is 1. The summed E-state index contributed by atoms with van der Waals surface area (Å²) in [6, 6.07) is 3.29. The molecule has 0 atom stereocenters. The van der Waals surface area contributed by atoms with Crippen LogP contribution in [0.5, 0.6) is 0 Å². The van der Waals surface area contributed by atoms with Gasteiger partial charge in [0.15, 0.2) is 0 Å². The summed E-state index contributed by atoms with van der Waals surface area (Å²) in [6.07, 6.45) is 0. The zero-order valence-corrected chi connectivity index (χ0v) is 9.84. The smallest absolute Gasteiger partial charge is 0.423 e. The minimum atomic E-state index is -1.62. The molecule has 0 aliphatic heterocycles.